The molecular weight excluding hydrogens is 512 g/mol. The summed E-state index contributed by atoms with van der Waals surface area (Å²) in [4.78, 5) is 53.1. The van der Waals surface area contributed by atoms with Crippen molar-refractivity contribution in [3.8, 4) is 23.0 Å². The van der Waals surface area contributed by atoms with Crippen LogP contribution in [0.3, 0.4) is 0 Å². The van der Waals surface area contributed by atoms with Gasteiger partial charge in [0, 0.05) is 25.8 Å². The molecule has 0 saturated carbocycles. The molecule has 0 spiro atoms. The highest BCUT2D eigenvalue weighted by Gasteiger charge is 2.56. The maximum Gasteiger partial charge on any atom is 0.329 e. The number of benzene rings is 2. The van der Waals surface area contributed by atoms with E-state index in [-0.39, 0.29) is 34.9 Å². The summed E-state index contributed by atoms with van der Waals surface area (Å²) >= 11 is 0. The van der Waals surface area contributed by atoms with Crippen molar-refractivity contribution in [3.05, 3.63) is 70.2 Å². The van der Waals surface area contributed by atoms with Crippen molar-refractivity contribution >= 4 is 23.5 Å². The summed E-state index contributed by atoms with van der Waals surface area (Å²) in [5.41, 5.74) is -1.84. The topological polar surface area (TPSA) is 161 Å². The Kier molecular flexibility index (Phi) is 6.06. The first-order valence-electron chi connectivity index (χ1n) is 11.8. The number of carbonyl (C=O) groups is 4. The summed E-state index contributed by atoms with van der Waals surface area (Å²) in [6, 6.07) is 7.23. The van der Waals surface area contributed by atoms with Crippen molar-refractivity contribution in [2.24, 2.45) is 0 Å². The molecule has 1 unspecified atom stereocenters. The Morgan fingerprint density at radius 2 is 1.92 bits per heavy atom. The second-order valence-electron chi connectivity index (χ2n) is 9.20. The molecule has 2 heterocycles. The molecule has 1 aliphatic carbocycles. The highest BCUT2D eigenvalue weighted by atomic mass is 16.7. The minimum Gasteiger partial charge on any atom is -0.507 e. The van der Waals surface area contributed by atoms with Gasteiger partial charge in [0.2, 0.25) is 0 Å². The van der Waals surface area contributed by atoms with E-state index in [9.17, 15) is 29.4 Å². The van der Waals surface area contributed by atoms with Gasteiger partial charge in [-0.1, -0.05) is 12.1 Å². The van der Waals surface area contributed by atoms with Gasteiger partial charge in [-0.2, -0.15) is 4.90 Å². The number of imide groups is 1. The van der Waals surface area contributed by atoms with Crippen LogP contribution in [0.1, 0.15) is 35.3 Å². The molecule has 202 valence electrons. The summed E-state index contributed by atoms with van der Waals surface area (Å²) in [6.07, 6.45) is -0.391. The fourth-order valence-electron chi connectivity index (χ4n) is 4.90. The summed E-state index contributed by atoms with van der Waals surface area (Å²) in [6.45, 7) is 2.57. The number of aromatic hydroxyl groups is 1. The third-order valence-electron chi connectivity index (χ3n) is 6.86. The number of nitrogens with zero attached hydrogens (tertiary/aromatic N) is 1. The normalized spacial score (nSPS) is 21.3. The number of fused-ring (bicyclic) bond motifs is 5. The quantitative estimate of drug-likeness (QED) is 0.485. The smallest absolute Gasteiger partial charge is 0.329 e. The van der Waals surface area contributed by atoms with E-state index in [1.54, 1.807) is 24.3 Å². The number of allylic oxidation sites excluding steroid dienone is 3. The Labute approximate surface area is 222 Å². The number of aliphatic hydroxyl groups is 1. The van der Waals surface area contributed by atoms with Crippen LogP contribution in [-0.4, -0.2) is 59.3 Å². The minimum absolute atomic E-state index is 0.0471. The van der Waals surface area contributed by atoms with Crippen molar-refractivity contribution in [1.82, 2.24) is 10.2 Å². The number of ketones is 2. The lowest BCUT2D eigenvalue weighted by molar-refractivity contribution is -0.129. The molecule has 12 heteroatoms. The maximum atomic E-state index is 13.7. The number of phenolic OH excluding ortho intramolecular Hbond substituents is 1. The lowest BCUT2D eigenvalue weighted by atomic mass is 9.71. The molecule has 12 nitrogen and oxygen atoms in total. The van der Waals surface area contributed by atoms with E-state index in [4.69, 9.17) is 18.9 Å². The average Bonchev–Trinajstić information content (AvgIpc) is 3.20. The van der Waals surface area contributed by atoms with Crippen LogP contribution >= 0.6 is 0 Å². The van der Waals surface area contributed by atoms with E-state index in [1.165, 1.54) is 21.1 Å². The molecule has 0 fully saturated rings. The predicted molar refractivity (Wildman–Crippen MR) is 132 cm³/mol. The lowest BCUT2D eigenvalue weighted by Gasteiger charge is -2.34. The van der Waals surface area contributed by atoms with Crippen LogP contribution in [0.4, 0.5) is 4.79 Å². The zero-order valence-electron chi connectivity index (χ0n) is 21.4. The van der Waals surface area contributed by atoms with Gasteiger partial charge >= 0.3 is 6.03 Å². The first kappa shape index (κ1) is 25.8. The van der Waals surface area contributed by atoms with E-state index < -0.39 is 52.4 Å². The number of urea groups is 1. The molecule has 2 atom stereocenters. The highest BCUT2D eigenvalue weighted by molar-refractivity contribution is 6.26. The molecule has 0 radical (unpaired) electrons. The Balaban J connectivity index is 1.53. The predicted octanol–water partition coefficient (Wildman–Crippen LogP) is 2.59. The third kappa shape index (κ3) is 3.79. The molecule has 2 aromatic carbocycles. The number of nitrogens with one attached hydrogen (secondary N) is 1. The Hall–Kier alpha value is -4.84. The molecule has 3 N–H and O–H groups in total. The number of hydrogen-bond donors (Lipinski definition) is 3. The van der Waals surface area contributed by atoms with Crippen molar-refractivity contribution in [3.63, 3.8) is 0 Å². The second-order valence-corrected chi connectivity index (χ2v) is 9.20. The molecule has 0 aromatic heterocycles. The molecule has 0 bridgehead atoms. The summed E-state index contributed by atoms with van der Waals surface area (Å²) < 4.78 is 22.0. The summed E-state index contributed by atoms with van der Waals surface area (Å²) in [5.74, 6) is -3.34. The van der Waals surface area contributed by atoms with Crippen LogP contribution in [0.5, 0.6) is 23.0 Å². The van der Waals surface area contributed by atoms with Crippen molar-refractivity contribution < 1.29 is 48.3 Å². The number of ether oxygens (including phenoxy) is 4. The number of phenols is 1. The molecule has 5 rings (SSSR count). The van der Waals surface area contributed by atoms with Crippen LogP contribution in [0.2, 0.25) is 0 Å². The van der Waals surface area contributed by atoms with Crippen LogP contribution < -0.4 is 19.5 Å². The van der Waals surface area contributed by atoms with Crippen LogP contribution in [0, 0.1) is 0 Å². The van der Waals surface area contributed by atoms with Crippen molar-refractivity contribution in [2.45, 2.75) is 32.2 Å². The van der Waals surface area contributed by atoms with Crippen molar-refractivity contribution in [2.75, 3.05) is 14.2 Å². The third-order valence-corrected chi connectivity index (χ3v) is 6.86. The largest absolute Gasteiger partial charge is 0.507 e. The van der Waals surface area contributed by atoms with Crippen LogP contribution in [0.15, 0.2) is 53.5 Å². The summed E-state index contributed by atoms with van der Waals surface area (Å²) in [5, 5.41) is 23.9. The first-order chi connectivity index (χ1) is 18.5. The Morgan fingerprint density at radius 1 is 1.18 bits per heavy atom. The van der Waals surface area contributed by atoms with E-state index in [2.05, 4.69) is 5.32 Å². The number of hydrogen-bond acceptors (Lipinski definition) is 10. The van der Waals surface area contributed by atoms with Crippen LogP contribution in [-0.2, 0) is 26.3 Å². The number of methoxy groups -OCH3 is 2. The number of carbonyl (C=O) groups excluding carboxylic acids is 4. The maximum absolute atomic E-state index is 13.7. The van der Waals surface area contributed by atoms with Gasteiger partial charge in [0.1, 0.15) is 45.3 Å². The van der Waals surface area contributed by atoms with Gasteiger partial charge in [0.05, 0.1) is 12.7 Å². The number of rotatable bonds is 5. The molecule has 3 amide bonds. The number of amides is 3. The van der Waals surface area contributed by atoms with Gasteiger partial charge in [-0.05, 0) is 31.5 Å². The Morgan fingerprint density at radius 3 is 2.59 bits per heavy atom. The fraction of sp³-hybridized carbons (Fsp3) is 0.259. The first-order valence-corrected chi connectivity index (χ1v) is 11.8. The van der Waals surface area contributed by atoms with Crippen molar-refractivity contribution in [1.29, 1.82) is 0 Å². The lowest BCUT2D eigenvalue weighted by Crippen LogP contribution is -2.54. The molecule has 39 heavy (non-hydrogen) atoms. The standard InChI is InChI=1S/C27H24N2O10/c1-12(30)19-15(31)10-18-27(2,23(19)33)21-16(32)9-17-20(22(21)39-18)24(34)29(26(37-4)38-17)25(35)28-11-13-6-5-7-14(8-13)36-3/h5-10,26,31-32H,11H2,1-4H3,(H,28,35)/t26?,27-/m1/s1. The van der Waals surface area contributed by atoms with Gasteiger partial charge < -0.3 is 34.5 Å². The molecule has 0 saturated heterocycles. The van der Waals surface area contributed by atoms with E-state index in [0.717, 1.165) is 19.1 Å². The van der Waals surface area contributed by atoms with Gasteiger partial charge in [0.15, 0.2) is 17.3 Å². The molecular formula is C27H24N2O10. The average molecular weight is 536 g/mol. The number of aliphatic hydroxyl groups excluding tert-OH is 1. The van der Waals surface area contributed by atoms with Gasteiger partial charge in [-0.15, -0.1) is 0 Å². The zero-order chi connectivity index (χ0) is 28.2. The van der Waals surface area contributed by atoms with E-state index in [1.807, 2.05) is 0 Å². The molecule has 3 aliphatic rings. The van der Waals surface area contributed by atoms with Gasteiger partial charge in [-0.3, -0.25) is 14.4 Å². The van der Waals surface area contributed by atoms with Gasteiger partial charge in [-0.25, -0.2) is 4.79 Å². The molecule has 2 aromatic rings. The minimum atomic E-state index is -1.72. The van der Waals surface area contributed by atoms with Crippen LogP contribution in [0.25, 0.3) is 0 Å². The second kappa shape index (κ2) is 9.17. The summed E-state index contributed by atoms with van der Waals surface area (Å²) in [7, 11) is 2.74. The van der Waals surface area contributed by atoms with E-state index in [0.29, 0.717) is 16.2 Å². The van der Waals surface area contributed by atoms with Gasteiger partial charge in [0.25, 0.3) is 12.3 Å². The fourth-order valence-corrected chi connectivity index (χ4v) is 4.90. The van der Waals surface area contributed by atoms with E-state index >= 15 is 0 Å². The SMILES string of the molecule is COc1cccc(CNC(=O)N2C(=O)c3c(cc(O)c4c3OC3=CC(O)=C(C(C)=O)C(=O)[C@]34C)OC2OC)c1. The highest BCUT2D eigenvalue weighted by Crippen LogP contribution is 2.57. The molecule has 2 aliphatic heterocycles. The zero-order valence-corrected chi connectivity index (χ0v) is 21.4. The monoisotopic (exact) mass is 536 g/mol. The Bertz CT molecular complexity index is 1520. The number of Topliss-reactive ketones (excluding diaryl/α,β-unsaturated/α-hetero) is 2.